The molecule has 0 saturated carbocycles. The first-order valence-corrected chi connectivity index (χ1v) is 7.53. The quantitative estimate of drug-likeness (QED) is 0.774. The number of rotatable bonds is 0. The van der Waals surface area contributed by atoms with Gasteiger partial charge in [-0.15, -0.1) is 0 Å². The lowest BCUT2D eigenvalue weighted by Crippen LogP contribution is -2.58. The number of hydrogen-bond donors (Lipinski definition) is 2. The molecule has 0 aromatic heterocycles. The van der Waals surface area contributed by atoms with Crippen molar-refractivity contribution in [2.45, 2.75) is 37.1 Å². The van der Waals surface area contributed by atoms with Crippen LogP contribution in [0.1, 0.15) is 25.0 Å². The fourth-order valence-electron chi connectivity index (χ4n) is 4.56. The lowest BCUT2D eigenvalue weighted by molar-refractivity contribution is 0.0617. The van der Waals surface area contributed by atoms with Crippen molar-refractivity contribution in [1.29, 1.82) is 0 Å². The first kappa shape index (κ1) is 11.6. The van der Waals surface area contributed by atoms with Crippen LogP contribution in [-0.4, -0.2) is 12.5 Å². The van der Waals surface area contributed by atoms with Crippen LogP contribution in [0.15, 0.2) is 48.5 Å². The summed E-state index contributed by atoms with van der Waals surface area (Å²) in [7, 11) is 0. The average molecular weight is 278 g/mol. The van der Waals surface area contributed by atoms with Crippen molar-refractivity contribution >= 4 is 11.4 Å². The van der Waals surface area contributed by atoms with Gasteiger partial charge in [0.15, 0.2) is 0 Å². The van der Waals surface area contributed by atoms with E-state index >= 15 is 0 Å². The van der Waals surface area contributed by atoms with Crippen LogP contribution in [0, 0.1) is 0 Å². The number of fused-ring (bicyclic) bond motifs is 2. The minimum absolute atomic E-state index is 0.00134. The van der Waals surface area contributed by atoms with Gasteiger partial charge in [-0.25, -0.2) is 0 Å². The maximum absolute atomic E-state index is 6.36. The Bertz CT molecular complexity index is 695. The second-order valence-corrected chi connectivity index (χ2v) is 6.68. The van der Waals surface area contributed by atoms with Gasteiger partial charge < -0.3 is 15.4 Å². The van der Waals surface area contributed by atoms with Crippen LogP contribution in [-0.2, 0) is 15.6 Å². The van der Waals surface area contributed by atoms with Crippen molar-refractivity contribution < 1.29 is 4.74 Å². The predicted molar refractivity (Wildman–Crippen MR) is 83.5 cm³/mol. The number of para-hydroxylation sites is 2. The van der Waals surface area contributed by atoms with Gasteiger partial charge in [0.25, 0.3) is 0 Å². The van der Waals surface area contributed by atoms with Crippen LogP contribution in [0.25, 0.3) is 0 Å². The van der Waals surface area contributed by atoms with Crippen molar-refractivity contribution in [3.05, 3.63) is 59.7 Å². The van der Waals surface area contributed by atoms with Gasteiger partial charge in [0, 0.05) is 11.4 Å². The van der Waals surface area contributed by atoms with E-state index in [1.54, 1.807) is 0 Å². The molecule has 3 heteroatoms. The molecular weight excluding hydrogens is 260 g/mol. The third kappa shape index (κ3) is 1.09. The molecule has 2 N–H and O–H groups in total. The van der Waals surface area contributed by atoms with E-state index in [0.717, 1.165) is 0 Å². The van der Waals surface area contributed by atoms with Gasteiger partial charge in [0.1, 0.15) is 12.5 Å². The molecule has 2 aromatic rings. The predicted octanol–water partition coefficient (Wildman–Crippen LogP) is 3.44. The third-order valence-electron chi connectivity index (χ3n) is 5.95. The summed E-state index contributed by atoms with van der Waals surface area (Å²) in [6.45, 7) is 4.67. The summed E-state index contributed by atoms with van der Waals surface area (Å²) in [5.41, 5.74) is 4.93. The minimum atomic E-state index is -0.0755. The number of benzene rings is 2. The highest BCUT2D eigenvalue weighted by Crippen LogP contribution is 2.63. The van der Waals surface area contributed by atoms with Crippen molar-refractivity contribution in [3.63, 3.8) is 0 Å². The second kappa shape index (κ2) is 3.42. The van der Waals surface area contributed by atoms with Gasteiger partial charge in [-0.05, 0) is 23.3 Å². The van der Waals surface area contributed by atoms with Crippen LogP contribution in [0.2, 0.25) is 0 Å². The first-order chi connectivity index (χ1) is 10.2. The Hall–Kier alpha value is -2.00. The molecule has 5 rings (SSSR count). The maximum atomic E-state index is 6.36. The molecular formula is C18H18N2O. The third-order valence-corrected chi connectivity index (χ3v) is 5.95. The summed E-state index contributed by atoms with van der Waals surface area (Å²) in [4.78, 5) is 0. The number of anilines is 2. The molecule has 0 aliphatic carbocycles. The summed E-state index contributed by atoms with van der Waals surface area (Å²) in [6, 6.07) is 17.2. The normalized spacial score (nSPS) is 38.0. The van der Waals surface area contributed by atoms with Crippen LogP contribution in [0.4, 0.5) is 11.4 Å². The SMILES string of the molecule is C[C@]12c3ccccc3N[C@@H]3O[C@H]1Nc1ccccc1[C@@]32C. The standard InChI is InChI=1S/C18H18N2O/c1-17-11-7-3-5-9-13(11)20-16-18(17,2)12-8-4-6-10-14(12)19-15(17)21-16/h3-10,15-16,19-20H,1-2H3/t15-,16-,17+,18+/m1/s1. The molecule has 0 unspecified atom stereocenters. The fraction of sp³-hybridized carbons (Fsp3) is 0.333. The van der Waals surface area contributed by atoms with E-state index in [0.29, 0.717) is 0 Å². The lowest BCUT2D eigenvalue weighted by atomic mass is 9.55. The van der Waals surface area contributed by atoms with Crippen LogP contribution < -0.4 is 10.6 Å². The van der Waals surface area contributed by atoms with Gasteiger partial charge in [-0.1, -0.05) is 50.2 Å². The Morgan fingerprint density at radius 2 is 1.19 bits per heavy atom. The van der Waals surface area contributed by atoms with Crippen molar-refractivity contribution in [1.82, 2.24) is 0 Å². The summed E-state index contributed by atoms with van der Waals surface area (Å²) >= 11 is 0. The lowest BCUT2D eigenvalue weighted by Gasteiger charge is -2.52. The smallest absolute Gasteiger partial charge is 0.140 e. The van der Waals surface area contributed by atoms with E-state index in [2.05, 4.69) is 73.0 Å². The van der Waals surface area contributed by atoms with Crippen LogP contribution in [0.3, 0.4) is 0 Å². The van der Waals surface area contributed by atoms with E-state index in [4.69, 9.17) is 4.74 Å². The number of ether oxygens (including phenoxy) is 1. The molecule has 106 valence electrons. The largest absolute Gasteiger partial charge is 0.359 e. The highest BCUT2D eigenvalue weighted by atomic mass is 16.5. The van der Waals surface area contributed by atoms with Gasteiger partial charge >= 0.3 is 0 Å². The number of nitrogens with one attached hydrogen (secondary N) is 2. The molecule has 1 fully saturated rings. The molecule has 3 heterocycles. The van der Waals surface area contributed by atoms with E-state index in [-0.39, 0.29) is 23.3 Å². The zero-order chi connectivity index (χ0) is 14.2. The molecule has 3 aliphatic heterocycles. The van der Waals surface area contributed by atoms with E-state index < -0.39 is 0 Å². The number of hydrogen-bond acceptors (Lipinski definition) is 3. The Kier molecular flexibility index (Phi) is 1.90. The molecule has 0 amide bonds. The minimum Gasteiger partial charge on any atom is -0.359 e. The van der Waals surface area contributed by atoms with Crippen molar-refractivity contribution in [2.24, 2.45) is 0 Å². The highest BCUT2D eigenvalue weighted by Gasteiger charge is 2.68. The monoisotopic (exact) mass is 278 g/mol. The fourth-order valence-corrected chi connectivity index (χ4v) is 4.56. The van der Waals surface area contributed by atoms with E-state index in [9.17, 15) is 0 Å². The average Bonchev–Trinajstić information content (AvgIpc) is 2.63. The Labute approximate surface area is 124 Å². The zero-order valence-corrected chi connectivity index (χ0v) is 12.2. The topological polar surface area (TPSA) is 33.3 Å². The molecule has 3 aliphatic rings. The Morgan fingerprint density at radius 1 is 0.762 bits per heavy atom. The summed E-state index contributed by atoms with van der Waals surface area (Å²) in [6.07, 6.45) is -0.00269. The second-order valence-electron chi connectivity index (χ2n) is 6.68. The Balaban J connectivity index is 1.86. The molecule has 2 aromatic carbocycles. The molecule has 21 heavy (non-hydrogen) atoms. The maximum Gasteiger partial charge on any atom is 0.140 e. The van der Waals surface area contributed by atoms with Crippen LogP contribution >= 0.6 is 0 Å². The zero-order valence-electron chi connectivity index (χ0n) is 12.2. The van der Waals surface area contributed by atoms with Gasteiger partial charge in [-0.2, -0.15) is 0 Å². The van der Waals surface area contributed by atoms with Crippen molar-refractivity contribution in [3.8, 4) is 0 Å². The summed E-state index contributed by atoms with van der Waals surface area (Å²) < 4.78 is 6.36. The Morgan fingerprint density at radius 3 is 1.67 bits per heavy atom. The van der Waals surface area contributed by atoms with E-state index in [1.165, 1.54) is 22.5 Å². The summed E-state index contributed by atoms with van der Waals surface area (Å²) in [5, 5.41) is 7.21. The van der Waals surface area contributed by atoms with Crippen LogP contribution in [0.5, 0.6) is 0 Å². The molecule has 0 radical (unpaired) electrons. The van der Waals surface area contributed by atoms with Crippen molar-refractivity contribution in [2.75, 3.05) is 10.6 Å². The molecule has 4 atom stereocenters. The molecule has 4 bridgehead atoms. The highest BCUT2D eigenvalue weighted by molar-refractivity contribution is 5.71. The molecule has 3 nitrogen and oxygen atoms in total. The van der Waals surface area contributed by atoms with Gasteiger partial charge in [0.2, 0.25) is 0 Å². The van der Waals surface area contributed by atoms with E-state index in [1.807, 2.05) is 0 Å². The molecule has 1 saturated heterocycles. The van der Waals surface area contributed by atoms with Gasteiger partial charge in [-0.3, -0.25) is 0 Å². The summed E-state index contributed by atoms with van der Waals surface area (Å²) in [5.74, 6) is 0. The van der Waals surface area contributed by atoms with Gasteiger partial charge in [0.05, 0.1) is 10.8 Å². The molecule has 0 spiro atoms. The first-order valence-electron chi connectivity index (χ1n) is 7.53.